The highest BCUT2D eigenvalue weighted by Gasteiger charge is 2.20. The number of phosphoric ester groups is 1. The van der Waals surface area contributed by atoms with E-state index in [-0.39, 0.29) is 26.4 Å². The van der Waals surface area contributed by atoms with Crippen LogP contribution < -0.4 is 0 Å². The van der Waals surface area contributed by atoms with E-state index in [1.165, 1.54) is 0 Å². The van der Waals surface area contributed by atoms with Gasteiger partial charge in [-0.25, -0.2) is 4.57 Å². The number of hydrogen-bond donors (Lipinski definition) is 1. The van der Waals surface area contributed by atoms with Gasteiger partial charge in [0.25, 0.3) is 0 Å². The summed E-state index contributed by atoms with van der Waals surface area (Å²) in [4.78, 5) is 9.23. The molecule has 7 heteroatoms. The molecule has 0 aliphatic heterocycles. The number of hydrogen-bond acceptors (Lipinski definition) is 5. The fourth-order valence-electron chi connectivity index (χ4n) is 0.953. The lowest BCUT2D eigenvalue weighted by Crippen LogP contribution is -2.08. The van der Waals surface area contributed by atoms with E-state index in [4.69, 9.17) is 18.5 Å². The lowest BCUT2D eigenvalue weighted by Gasteiger charge is -2.12. The van der Waals surface area contributed by atoms with Crippen LogP contribution in [-0.4, -0.2) is 44.5 Å². The summed E-state index contributed by atoms with van der Waals surface area (Å²) in [6.07, 6.45) is 1.81. The predicted octanol–water partition coefficient (Wildman–Crippen LogP) is 1.97. The van der Waals surface area contributed by atoms with Crippen LogP contribution >= 0.6 is 7.82 Å². The third-order valence-electron chi connectivity index (χ3n) is 1.66. The first-order valence-electron chi connectivity index (χ1n) is 5.89. The molecule has 0 atom stereocenters. The Kier molecular flexibility index (Phi) is 11.2. The van der Waals surface area contributed by atoms with Gasteiger partial charge in [0, 0.05) is 13.2 Å². The molecule has 1 N–H and O–H groups in total. The smallest absolute Gasteiger partial charge is 0.379 e. The van der Waals surface area contributed by atoms with Crippen molar-refractivity contribution in [3.8, 4) is 0 Å². The Balaban J connectivity index is 3.42. The summed E-state index contributed by atoms with van der Waals surface area (Å²) in [5.41, 5.74) is 0. The molecule has 0 fully saturated rings. The van der Waals surface area contributed by atoms with E-state index < -0.39 is 7.82 Å². The molecule has 0 aromatic rings. The summed E-state index contributed by atoms with van der Waals surface area (Å²) in [5, 5.41) is 0. The van der Waals surface area contributed by atoms with Gasteiger partial charge in [0.1, 0.15) is 0 Å². The molecule has 0 aromatic heterocycles. The van der Waals surface area contributed by atoms with E-state index in [0.717, 1.165) is 12.8 Å². The van der Waals surface area contributed by atoms with Crippen molar-refractivity contribution >= 4 is 7.82 Å². The van der Waals surface area contributed by atoms with E-state index in [1.807, 2.05) is 13.8 Å². The molecule has 6 nitrogen and oxygen atoms in total. The lowest BCUT2D eigenvalue weighted by molar-refractivity contribution is 0.0584. The van der Waals surface area contributed by atoms with Gasteiger partial charge in [0.05, 0.1) is 26.4 Å². The molecule has 104 valence electrons. The zero-order valence-electron chi connectivity index (χ0n) is 10.6. The third-order valence-corrected chi connectivity index (χ3v) is 2.68. The summed E-state index contributed by atoms with van der Waals surface area (Å²) in [6.45, 7) is 5.86. The van der Waals surface area contributed by atoms with Gasteiger partial charge in [-0.05, 0) is 12.8 Å². The predicted molar refractivity (Wildman–Crippen MR) is 63.9 cm³/mol. The van der Waals surface area contributed by atoms with Crippen LogP contribution in [-0.2, 0) is 23.1 Å². The fraction of sp³-hybridized carbons (Fsp3) is 1.00. The minimum atomic E-state index is -3.95. The van der Waals surface area contributed by atoms with Crippen molar-refractivity contribution in [2.45, 2.75) is 26.7 Å². The van der Waals surface area contributed by atoms with Gasteiger partial charge in [-0.15, -0.1) is 0 Å². The number of rotatable bonds is 12. The molecule has 0 saturated heterocycles. The molecule has 0 aromatic carbocycles. The second kappa shape index (κ2) is 11.1. The van der Waals surface area contributed by atoms with E-state index in [9.17, 15) is 9.46 Å². The van der Waals surface area contributed by atoms with Crippen molar-refractivity contribution in [3.63, 3.8) is 0 Å². The van der Waals surface area contributed by atoms with E-state index in [1.54, 1.807) is 0 Å². The minimum Gasteiger partial charge on any atom is -0.379 e. The Labute approximate surface area is 103 Å². The molecule has 17 heavy (non-hydrogen) atoms. The van der Waals surface area contributed by atoms with Crippen LogP contribution in [0.2, 0.25) is 0 Å². The molecule has 0 bridgehead atoms. The van der Waals surface area contributed by atoms with Gasteiger partial charge in [0.15, 0.2) is 0 Å². The van der Waals surface area contributed by atoms with Gasteiger partial charge in [-0.3, -0.25) is 9.05 Å². The number of phosphoric acid groups is 1. The highest BCUT2D eigenvalue weighted by Crippen LogP contribution is 2.42. The van der Waals surface area contributed by atoms with Crippen molar-refractivity contribution in [1.82, 2.24) is 0 Å². The van der Waals surface area contributed by atoms with Crippen LogP contribution in [0.15, 0.2) is 0 Å². The van der Waals surface area contributed by atoms with Gasteiger partial charge in [-0.2, -0.15) is 0 Å². The molecule has 0 aliphatic carbocycles. The van der Waals surface area contributed by atoms with Gasteiger partial charge in [0.2, 0.25) is 0 Å². The minimum absolute atomic E-state index is 0.0452. The standard InChI is InChI=1S/C10H23O6P/c1-3-5-13-7-9-15-17(11,12)16-10-8-14-6-4-2/h3-10H2,1-2H3,(H,11,12). The fourth-order valence-corrected chi connectivity index (χ4v) is 1.64. The molecule has 0 heterocycles. The summed E-state index contributed by atoms with van der Waals surface area (Å²) >= 11 is 0. The average molecular weight is 270 g/mol. The highest BCUT2D eigenvalue weighted by atomic mass is 31.2. The highest BCUT2D eigenvalue weighted by molar-refractivity contribution is 7.47. The first kappa shape index (κ1) is 17.0. The average Bonchev–Trinajstić information content (AvgIpc) is 2.28. The normalized spacial score (nSPS) is 11.9. The van der Waals surface area contributed by atoms with Gasteiger partial charge < -0.3 is 14.4 Å². The van der Waals surface area contributed by atoms with Crippen molar-refractivity contribution in [2.75, 3.05) is 39.6 Å². The lowest BCUT2D eigenvalue weighted by atomic mass is 10.5. The molecule has 0 amide bonds. The molecular formula is C10H23O6P. The first-order valence-corrected chi connectivity index (χ1v) is 7.39. The summed E-state index contributed by atoms with van der Waals surface area (Å²) < 4.78 is 30.9. The maximum atomic E-state index is 11.3. The van der Waals surface area contributed by atoms with E-state index in [0.29, 0.717) is 13.2 Å². The zero-order valence-corrected chi connectivity index (χ0v) is 11.5. The van der Waals surface area contributed by atoms with Crippen LogP contribution in [0.1, 0.15) is 26.7 Å². The monoisotopic (exact) mass is 270 g/mol. The SMILES string of the molecule is CCCOCCOP(=O)(O)OCCOCCC. The van der Waals surface area contributed by atoms with Crippen LogP contribution in [0, 0.1) is 0 Å². The maximum absolute atomic E-state index is 11.3. The molecule has 0 unspecified atom stereocenters. The van der Waals surface area contributed by atoms with Crippen molar-refractivity contribution in [2.24, 2.45) is 0 Å². The largest absolute Gasteiger partial charge is 0.472 e. The third kappa shape index (κ3) is 12.3. The Morgan fingerprint density at radius 1 is 0.824 bits per heavy atom. The Hall–Kier alpha value is 0.0300. The Bertz CT molecular complexity index is 193. The van der Waals surface area contributed by atoms with Crippen molar-refractivity contribution in [1.29, 1.82) is 0 Å². The maximum Gasteiger partial charge on any atom is 0.472 e. The quantitative estimate of drug-likeness (QED) is 0.431. The van der Waals surface area contributed by atoms with Crippen LogP contribution in [0.25, 0.3) is 0 Å². The second-order valence-electron chi connectivity index (χ2n) is 3.36. The molecular weight excluding hydrogens is 247 g/mol. The Morgan fingerprint density at radius 2 is 1.24 bits per heavy atom. The topological polar surface area (TPSA) is 74.2 Å². The van der Waals surface area contributed by atoms with Crippen LogP contribution in [0.3, 0.4) is 0 Å². The van der Waals surface area contributed by atoms with Crippen molar-refractivity contribution < 1.29 is 28.0 Å². The van der Waals surface area contributed by atoms with Gasteiger partial charge >= 0.3 is 7.82 Å². The zero-order chi connectivity index (χ0) is 13.0. The molecule has 0 radical (unpaired) electrons. The molecule has 0 saturated carbocycles. The summed E-state index contributed by atoms with van der Waals surface area (Å²) in [5.74, 6) is 0. The molecule has 0 rings (SSSR count). The van der Waals surface area contributed by atoms with Crippen LogP contribution in [0.4, 0.5) is 0 Å². The second-order valence-corrected chi connectivity index (χ2v) is 4.81. The number of ether oxygens (including phenoxy) is 2. The van der Waals surface area contributed by atoms with Gasteiger partial charge in [-0.1, -0.05) is 13.8 Å². The van der Waals surface area contributed by atoms with Crippen LogP contribution in [0.5, 0.6) is 0 Å². The van der Waals surface area contributed by atoms with E-state index in [2.05, 4.69) is 0 Å². The summed E-state index contributed by atoms with van der Waals surface area (Å²) in [7, 11) is -3.95. The van der Waals surface area contributed by atoms with E-state index >= 15 is 0 Å². The molecule has 0 spiro atoms. The first-order chi connectivity index (χ1) is 8.12. The molecule has 0 aliphatic rings. The Morgan fingerprint density at radius 3 is 1.59 bits per heavy atom. The summed E-state index contributed by atoms with van der Waals surface area (Å²) in [6, 6.07) is 0. The van der Waals surface area contributed by atoms with Crippen molar-refractivity contribution in [3.05, 3.63) is 0 Å².